The second-order valence-electron chi connectivity index (χ2n) is 3.64. The van der Waals surface area contributed by atoms with Crippen LogP contribution in [0.15, 0.2) is 18.3 Å². The molecule has 0 saturated heterocycles. The minimum Gasteiger partial charge on any atom is -0.481 e. The van der Waals surface area contributed by atoms with Gasteiger partial charge in [-0.25, -0.2) is 4.98 Å². The van der Waals surface area contributed by atoms with Gasteiger partial charge in [0.05, 0.1) is 19.8 Å². The number of hydrogen-bond acceptors (Lipinski definition) is 4. The summed E-state index contributed by atoms with van der Waals surface area (Å²) in [6.07, 6.45) is 2.76. The Kier molecular flexibility index (Phi) is 5.82. The van der Waals surface area contributed by atoms with Crippen LogP contribution in [-0.2, 0) is 11.2 Å². The van der Waals surface area contributed by atoms with Crippen LogP contribution in [0, 0.1) is 0 Å². The first-order valence-corrected chi connectivity index (χ1v) is 5.51. The molecule has 1 aromatic heterocycles. The van der Waals surface area contributed by atoms with Gasteiger partial charge in [-0.15, -0.1) is 0 Å². The van der Waals surface area contributed by atoms with Gasteiger partial charge in [-0.2, -0.15) is 0 Å². The van der Waals surface area contributed by atoms with E-state index >= 15 is 0 Å². The molecule has 0 aliphatic rings. The molecule has 1 atom stereocenters. The number of aliphatic hydroxyl groups is 1. The molecule has 0 spiro atoms. The molecular formula is C12H19NO3. The van der Waals surface area contributed by atoms with Crippen molar-refractivity contribution in [2.24, 2.45) is 0 Å². The maximum atomic E-state index is 9.67. The van der Waals surface area contributed by atoms with Crippen LogP contribution in [-0.4, -0.2) is 36.5 Å². The van der Waals surface area contributed by atoms with E-state index in [1.165, 1.54) is 0 Å². The number of aromatic nitrogens is 1. The smallest absolute Gasteiger partial charge is 0.212 e. The van der Waals surface area contributed by atoms with Gasteiger partial charge >= 0.3 is 0 Å². The summed E-state index contributed by atoms with van der Waals surface area (Å²) in [7, 11) is 1.58. The van der Waals surface area contributed by atoms with Gasteiger partial charge in [0, 0.05) is 25.3 Å². The molecule has 1 unspecified atom stereocenters. The van der Waals surface area contributed by atoms with E-state index in [0.717, 1.165) is 12.0 Å². The van der Waals surface area contributed by atoms with E-state index < -0.39 is 6.10 Å². The molecular weight excluding hydrogens is 206 g/mol. The normalized spacial score (nSPS) is 12.4. The molecule has 0 radical (unpaired) electrons. The van der Waals surface area contributed by atoms with Crippen molar-refractivity contribution in [3.8, 4) is 5.88 Å². The van der Waals surface area contributed by atoms with Crippen LogP contribution in [0.25, 0.3) is 0 Å². The summed E-state index contributed by atoms with van der Waals surface area (Å²) >= 11 is 0. The Hall–Kier alpha value is -1.13. The quantitative estimate of drug-likeness (QED) is 0.713. The molecule has 1 N–H and O–H groups in total. The van der Waals surface area contributed by atoms with E-state index in [1.54, 1.807) is 19.4 Å². The van der Waals surface area contributed by atoms with Crippen LogP contribution in [0.2, 0.25) is 0 Å². The lowest BCUT2D eigenvalue weighted by Gasteiger charge is -2.10. The van der Waals surface area contributed by atoms with E-state index in [0.29, 0.717) is 25.5 Å². The molecule has 4 heteroatoms. The van der Waals surface area contributed by atoms with Gasteiger partial charge in [0.15, 0.2) is 0 Å². The molecule has 0 aliphatic heterocycles. The highest BCUT2D eigenvalue weighted by atomic mass is 16.5. The van der Waals surface area contributed by atoms with Crippen molar-refractivity contribution in [2.45, 2.75) is 25.9 Å². The van der Waals surface area contributed by atoms with Crippen molar-refractivity contribution < 1.29 is 14.6 Å². The van der Waals surface area contributed by atoms with E-state index in [2.05, 4.69) is 4.98 Å². The highest BCUT2D eigenvalue weighted by Gasteiger charge is 2.06. The van der Waals surface area contributed by atoms with Crippen molar-refractivity contribution >= 4 is 0 Å². The number of aliphatic hydroxyl groups excluding tert-OH is 1. The summed E-state index contributed by atoms with van der Waals surface area (Å²) in [6.45, 7) is 3.11. The van der Waals surface area contributed by atoms with E-state index in [9.17, 15) is 5.11 Å². The molecule has 1 rings (SSSR count). The zero-order chi connectivity index (χ0) is 11.8. The van der Waals surface area contributed by atoms with Gasteiger partial charge in [0.2, 0.25) is 5.88 Å². The van der Waals surface area contributed by atoms with Gasteiger partial charge in [-0.3, -0.25) is 0 Å². The van der Waals surface area contributed by atoms with Gasteiger partial charge in [0.25, 0.3) is 0 Å². The predicted molar refractivity (Wildman–Crippen MR) is 61.6 cm³/mol. The SMILES string of the molecule is CCCOCC(O)Cc1ccc(OC)nc1. The summed E-state index contributed by atoms with van der Waals surface area (Å²) in [5, 5.41) is 9.67. The van der Waals surface area contributed by atoms with Gasteiger partial charge < -0.3 is 14.6 Å². The molecule has 0 fully saturated rings. The fraction of sp³-hybridized carbons (Fsp3) is 0.583. The summed E-state index contributed by atoms with van der Waals surface area (Å²) in [5.41, 5.74) is 0.980. The van der Waals surface area contributed by atoms with Gasteiger partial charge in [0.1, 0.15) is 0 Å². The summed E-state index contributed by atoms with van der Waals surface area (Å²) < 4.78 is 10.2. The lowest BCUT2D eigenvalue weighted by Crippen LogP contribution is -2.18. The second-order valence-corrected chi connectivity index (χ2v) is 3.64. The van der Waals surface area contributed by atoms with Crippen molar-refractivity contribution in [3.63, 3.8) is 0 Å². The predicted octanol–water partition coefficient (Wildman–Crippen LogP) is 1.42. The fourth-order valence-corrected chi connectivity index (χ4v) is 1.35. The maximum Gasteiger partial charge on any atom is 0.212 e. The van der Waals surface area contributed by atoms with Crippen LogP contribution in [0.4, 0.5) is 0 Å². The highest BCUT2D eigenvalue weighted by Crippen LogP contribution is 2.08. The summed E-state index contributed by atoms with van der Waals surface area (Å²) in [4.78, 5) is 4.07. The summed E-state index contributed by atoms with van der Waals surface area (Å²) in [5.74, 6) is 0.584. The van der Waals surface area contributed by atoms with Gasteiger partial charge in [-0.1, -0.05) is 13.0 Å². The van der Waals surface area contributed by atoms with Crippen molar-refractivity contribution in [1.82, 2.24) is 4.98 Å². The molecule has 0 amide bonds. The molecule has 90 valence electrons. The van der Waals surface area contributed by atoms with E-state index in [4.69, 9.17) is 9.47 Å². The molecule has 0 bridgehead atoms. The Morgan fingerprint density at radius 1 is 1.44 bits per heavy atom. The first-order valence-electron chi connectivity index (χ1n) is 5.51. The highest BCUT2D eigenvalue weighted by molar-refractivity contribution is 5.18. The minimum absolute atomic E-state index is 0.375. The lowest BCUT2D eigenvalue weighted by molar-refractivity contribution is 0.0374. The lowest BCUT2D eigenvalue weighted by atomic mass is 10.1. The van der Waals surface area contributed by atoms with Crippen LogP contribution >= 0.6 is 0 Å². The molecule has 4 nitrogen and oxygen atoms in total. The average Bonchev–Trinajstić information content (AvgIpc) is 2.30. The fourth-order valence-electron chi connectivity index (χ4n) is 1.35. The van der Waals surface area contributed by atoms with Crippen LogP contribution in [0.1, 0.15) is 18.9 Å². The Balaban J connectivity index is 2.34. The topological polar surface area (TPSA) is 51.6 Å². The number of nitrogens with zero attached hydrogens (tertiary/aromatic N) is 1. The first kappa shape index (κ1) is 12.9. The zero-order valence-corrected chi connectivity index (χ0v) is 9.85. The van der Waals surface area contributed by atoms with Crippen LogP contribution < -0.4 is 4.74 Å². The van der Waals surface area contributed by atoms with Crippen molar-refractivity contribution in [2.75, 3.05) is 20.3 Å². The van der Waals surface area contributed by atoms with Crippen molar-refractivity contribution in [1.29, 1.82) is 0 Å². The molecule has 16 heavy (non-hydrogen) atoms. The Bertz CT molecular complexity index is 287. The van der Waals surface area contributed by atoms with E-state index in [-0.39, 0.29) is 0 Å². The molecule has 1 aromatic rings. The monoisotopic (exact) mass is 225 g/mol. The third kappa shape index (κ3) is 4.59. The number of pyridine rings is 1. The summed E-state index contributed by atoms with van der Waals surface area (Å²) in [6, 6.07) is 3.68. The number of rotatable bonds is 7. The number of hydrogen-bond donors (Lipinski definition) is 1. The number of methoxy groups -OCH3 is 1. The maximum absolute atomic E-state index is 9.67. The average molecular weight is 225 g/mol. The molecule has 0 aliphatic carbocycles. The molecule has 1 heterocycles. The number of ether oxygens (including phenoxy) is 2. The Morgan fingerprint density at radius 2 is 2.25 bits per heavy atom. The van der Waals surface area contributed by atoms with Crippen LogP contribution in [0.5, 0.6) is 5.88 Å². The molecule has 0 aromatic carbocycles. The third-order valence-corrected chi connectivity index (χ3v) is 2.14. The first-order chi connectivity index (χ1) is 7.76. The standard InChI is InChI=1S/C12H19NO3/c1-3-6-16-9-11(14)7-10-4-5-12(15-2)13-8-10/h4-5,8,11,14H,3,6-7,9H2,1-2H3. The Morgan fingerprint density at radius 3 is 2.81 bits per heavy atom. The third-order valence-electron chi connectivity index (χ3n) is 2.14. The van der Waals surface area contributed by atoms with Crippen LogP contribution in [0.3, 0.4) is 0 Å². The second kappa shape index (κ2) is 7.19. The molecule has 0 saturated carbocycles. The largest absolute Gasteiger partial charge is 0.481 e. The van der Waals surface area contributed by atoms with Crippen molar-refractivity contribution in [3.05, 3.63) is 23.9 Å². The van der Waals surface area contributed by atoms with Gasteiger partial charge in [-0.05, 0) is 12.0 Å². The van der Waals surface area contributed by atoms with E-state index in [1.807, 2.05) is 13.0 Å². The minimum atomic E-state index is -0.471. The Labute approximate surface area is 96.2 Å². The zero-order valence-electron chi connectivity index (χ0n) is 9.85.